The zero-order valence-corrected chi connectivity index (χ0v) is 57.3. The van der Waals surface area contributed by atoms with Crippen molar-refractivity contribution in [2.75, 3.05) is 39.6 Å². The van der Waals surface area contributed by atoms with Crippen molar-refractivity contribution < 1.29 is 164 Å². The fourth-order valence-electron chi connectivity index (χ4n) is 18.4. The van der Waals surface area contributed by atoms with Crippen LogP contribution >= 0.6 is 0 Å². The Kier molecular flexibility index (Phi) is 25.3. The molecule has 3 unspecified atom stereocenters. The minimum atomic E-state index is -1.96. The number of allylic oxidation sites excluding steroid dienone is 1. The highest BCUT2D eigenvalue weighted by Gasteiger charge is 2.68. The van der Waals surface area contributed by atoms with Gasteiger partial charge in [-0.2, -0.15) is 0 Å². The van der Waals surface area contributed by atoms with Crippen molar-refractivity contribution in [3.63, 3.8) is 0 Å². The number of fused-ring (bicyclic) bond motifs is 5. The van der Waals surface area contributed by atoms with Gasteiger partial charge < -0.3 is 164 Å². The second-order valence-corrected chi connectivity index (χ2v) is 31.4. The molecular weight excluding hydrogens is 1320 g/mol. The summed E-state index contributed by atoms with van der Waals surface area (Å²) in [5.41, 5.74) is -1.75. The van der Waals surface area contributed by atoms with E-state index in [1.807, 2.05) is 0 Å². The Morgan fingerprint density at radius 1 is 0.444 bits per heavy atom. The van der Waals surface area contributed by atoms with Gasteiger partial charge in [0.15, 0.2) is 37.7 Å². The molecule has 0 aromatic rings. The minimum absolute atomic E-state index is 0.0328. The molecule has 99 heavy (non-hydrogen) atoms. The summed E-state index contributed by atoms with van der Waals surface area (Å²) in [6.45, 7) is 12.2. The molecule has 6 heterocycles. The predicted molar refractivity (Wildman–Crippen MR) is 331 cm³/mol. The highest BCUT2D eigenvalue weighted by Crippen LogP contribution is 2.75. The van der Waals surface area contributed by atoms with Crippen molar-refractivity contribution in [1.82, 2.24) is 0 Å². The summed E-state index contributed by atoms with van der Waals surface area (Å²) in [6, 6.07) is 0. The first-order valence-electron chi connectivity index (χ1n) is 35.0. The molecule has 0 aromatic carbocycles. The maximum absolute atomic E-state index is 11.9. The summed E-state index contributed by atoms with van der Waals surface area (Å²) in [7, 11) is 0. The average Bonchev–Trinajstić information content (AvgIpc) is 1.64. The lowest BCUT2D eigenvalue weighted by Crippen LogP contribution is -2.66. The molecule has 3 saturated carbocycles. The molecule has 10 aliphatic rings. The first-order chi connectivity index (χ1) is 46.4. The van der Waals surface area contributed by atoms with Crippen LogP contribution in [0.25, 0.3) is 0 Å². The Hall–Kier alpha value is -1.58. The second kappa shape index (κ2) is 31.3. The molecule has 0 aromatic heterocycles. The molecule has 9 fully saturated rings. The number of aliphatic hydroxyl groups is 21. The fraction of sp³-hybridized carbons (Fsp3) is 0.970. The quantitative estimate of drug-likeness (QED) is 0.0423. The van der Waals surface area contributed by atoms with Crippen molar-refractivity contribution in [2.24, 2.45) is 45.3 Å². The third-order valence-corrected chi connectivity index (χ3v) is 24.9. The third kappa shape index (κ3) is 15.0. The van der Waals surface area contributed by atoms with Gasteiger partial charge in [-0.15, -0.1) is 0 Å². The first-order valence-corrected chi connectivity index (χ1v) is 35.0. The van der Waals surface area contributed by atoms with Gasteiger partial charge in [-0.3, -0.25) is 0 Å². The van der Waals surface area contributed by atoms with Gasteiger partial charge >= 0.3 is 0 Å². The largest absolute Gasteiger partial charge is 0.394 e. The number of aliphatic hydroxyl groups excluding tert-OH is 20. The van der Waals surface area contributed by atoms with Gasteiger partial charge in [0.25, 0.3) is 0 Å². The summed E-state index contributed by atoms with van der Waals surface area (Å²) in [5.74, 6) is 0.523. The molecule has 6 saturated heterocycles. The zero-order chi connectivity index (χ0) is 72.7. The second-order valence-electron chi connectivity index (χ2n) is 31.4. The molecule has 10 rings (SSSR count). The molecule has 574 valence electrons. The monoisotopic (exact) mass is 1430 g/mol. The normalized spacial score (nSPS) is 51.7. The van der Waals surface area contributed by atoms with E-state index < -0.39 is 247 Å². The number of rotatable bonds is 23. The van der Waals surface area contributed by atoms with Gasteiger partial charge in [-0.25, -0.2) is 0 Å². The molecule has 0 spiro atoms. The Balaban J connectivity index is 0.842. The Morgan fingerprint density at radius 3 is 1.29 bits per heavy atom. The van der Waals surface area contributed by atoms with Gasteiger partial charge in [-0.05, 0) is 112 Å². The molecule has 6 aliphatic heterocycles. The lowest BCUT2D eigenvalue weighted by molar-refractivity contribution is -0.380. The molecule has 0 bridgehead atoms. The molecule has 39 atom stereocenters. The van der Waals surface area contributed by atoms with Gasteiger partial charge in [0.05, 0.1) is 57.5 Å². The molecule has 33 heteroatoms. The maximum atomic E-state index is 11.9. The van der Waals surface area contributed by atoms with Crippen molar-refractivity contribution in [3.05, 3.63) is 11.6 Å². The Morgan fingerprint density at radius 2 is 0.848 bits per heavy atom. The number of ether oxygens (including phenoxy) is 12. The predicted octanol–water partition coefficient (Wildman–Crippen LogP) is -6.55. The van der Waals surface area contributed by atoms with Crippen LogP contribution in [0.1, 0.15) is 113 Å². The molecule has 0 amide bonds. The lowest BCUT2D eigenvalue weighted by Gasteiger charge is -2.66. The van der Waals surface area contributed by atoms with Crippen molar-refractivity contribution in [2.45, 2.75) is 315 Å². The van der Waals surface area contributed by atoms with Crippen LogP contribution in [0.2, 0.25) is 0 Å². The van der Waals surface area contributed by atoms with E-state index in [1.165, 1.54) is 13.8 Å². The Bertz CT molecular complexity index is 2630. The number of hydrogen-bond donors (Lipinski definition) is 21. The average molecular weight is 1430 g/mol. The van der Waals surface area contributed by atoms with Crippen LogP contribution in [0.3, 0.4) is 0 Å². The van der Waals surface area contributed by atoms with Crippen molar-refractivity contribution in [1.29, 1.82) is 0 Å². The number of hydrogen-bond acceptors (Lipinski definition) is 33. The van der Waals surface area contributed by atoms with E-state index in [0.717, 1.165) is 37.7 Å². The maximum Gasteiger partial charge on any atom is 0.187 e. The molecule has 33 nitrogen and oxygen atoms in total. The SMILES string of the molecule is C[C@H](CC[C@@H](O[C@@H]1O[C@H](CO[C@@H]2O[C@H](CO)[C@@H](O)[C@H](O)[C@H]2O)[C@@H](O)[C@H](O)[C@H]1O[C@H]1O[C@@H](CO)[C@H](O)[C@@H](O)[C@@H]1O)C(C)(C)O)C1CC[C@@]2(C)C3CC=C4C(CC[C@H](O[C@@H]5O[C@H](CO[C@@H]6O[C@H](CO)[C@@H](O)[C@H](O)[C@H]6O)[C@@H](O)[C@H](O)[C@H]5O[C@H]5O[C@@H](CO)[C@H](O)[C@@H](O)[C@@H]5O)C4(C)C)[C@]3(C)CC[C@]12C. The Labute approximate surface area is 574 Å². The van der Waals surface area contributed by atoms with Gasteiger partial charge in [0.1, 0.15) is 146 Å². The summed E-state index contributed by atoms with van der Waals surface area (Å²) in [5, 5.41) is 226. The van der Waals surface area contributed by atoms with Crippen LogP contribution in [-0.2, 0) is 56.8 Å². The van der Waals surface area contributed by atoms with E-state index in [9.17, 15) is 107 Å². The van der Waals surface area contributed by atoms with Crippen molar-refractivity contribution >= 4 is 0 Å². The van der Waals surface area contributed by atoms with Crippen molar-refractivity contribution in [3.8, 4) is 0 Å². The lowest BCUT2D eigenvalue weighted by atomic mass is 9.39. The standard InChI is InChI=1S/C66H112O33/c1-25(9-13-37(63(4,5)87)97-61-55(99-59-53(86)47(80)41(74)32(22-70)93-59)49(82)43(76)34(95-61)24-89-57-51(84)45(78)39(72)30(20-68)91-57)26-15-16-66(8)35-12-10-27-28(64(35,6)17-18-65(26,66)7)11-14-36(62(27,2)3)96-60-54(98-58-52(85)46(79)40(73)31(21-69)92-58)48(81)42(75)33(94-60)23-88-56-50(83)44(77)38(71)29(19-67)90-56/h10,25-26,28-61,67-87H,9,11-24H2,1-8H3/t25-,26?,28?,29-,30-,31+,32+,33-,34-,35?,36+,37-,38-,39-,40+,41+,42-,43-,44+,45+,46-,47-,48+,49+,50-,51-,52+,53+,54-,55-,56-,57-,58-,59-,60+,61+,64+,65-,66+/m1/s1. The minimum Gasteiger partial charge on any atom is -0.394 e. The molecule has 4 aliphatic carbocycles. The van der Waals surface area contributed by atoms with E-state index in [0.29, 0.717) is 19.3 Å². The summed E-state index contributed by atoms with van der Waals surface area (Å²) in [6.07, 6.45) is -44.7. The van der Waals surface area contributed by atoms with E-state index in [1.54, 1.807) is 0 Å². The van der Waals surface area contributed by atoms with Gasteiger partial charge in [0.2, 0.25) is 0 Å². The summed E-state index contributed by atoms with van der Waals surface area (Å²) in [4.78, 5) is 0. The highest BCUT2D eigenvalue weighted by atomic mass is 16.8. The van der Waals surface area contributed by atoms with E-state index in [-0.39, 0.29) is 46.3 Å². The summed E-state index contributed by atoms with van der Waals surface area (Å²) < 4.78 is 72.2. The first kappa shape index (κ1) is 80.0. The van der Waals surface area contributed by atoms with Crippen LogP contribution in [0.4, 0.5) is 0 Å². The molecule has 0 radical (unpaired) electrons. The molecule has 21 N–H and O–H groups in total. The van der Waals surface area contributed by atoms with E-state index in [4.69, 9.17) is 56.8 Å². The van der Waals surface area contributed by atoms with Crippen LogP contribution in [0.15, 0.2) is 11.6 Å². The van der Waals surface area contributed by atoms with E-state index >= 15 is 0 Å². The third-order valence-electron chi connectivity index (χ3n) is 24.9. The van der Waals surface area contributed by atoms with Gasteiger partial charge in [-0.1, -0.05) is 53.2 Å². The summed E-state index contributed by atoms with van der Waals surface area (Å²) >= 11 is 0. The molecular formula is C66H112O33. The zero-order valence-electron chi connectivity index (χ0n) is 57.3. The fourth-order valence-corrected chi connectivity index (χ4v) is 18.4. The van der Waals surface area contributed by atoms with Crippen LogP contribution in [-0.4, -0.2) is 349 Å². The van der Waals surface area contributed by atoms with Gasteiger partial charge in [0, 0.05) is 5.41 Å². The smallest absolute Gasteiger partial charge is 0.187 e. The van der Waals surface area contributed by atoms with Crippen LogP contribution in [0.5, 0.6) is 0 Å². The van der Waals surface area contributed by atoms with Crippen LogP contribution in [0, 0.1) is 45.3 Å². The van der Waals surface area contributed by atoms with E-state index in [2.05, 4.69) is 47.6 Å². The van der Waals surface area contributed by atoms with Crippen LogP contribution < -0.4 is 0 Å². The highest BCUT2D eigenvalue weighted by molar-refractivity contribution is 5.31. The topological polar surface area (TPSA) is 536 Å².